The summed E-state index contributed by atoms with van der Waals surface area (Å²) >= 11 is 0. The van der Waals surface area contributed by atoms with Crippen molar-refractivity contribution in [3.8, 4) is 0 Å². The third-order valence-corrected chi connectivity index (χ3v) is 5.19. The molecule has 7 heteroatoms. The molecule has 1 atom stereocenters. The number of piperazine rings is 1. The first kappa shape index (κ1) is 20.1. The highest BCUT2D eigenvalue weighted by molar-refractivity contribution is 5.86. The molecule has 1 unspecified atom stereocenters. The molecule has 2 amide bonds. The molecule has 154 valence electrons. The topological polar surface area (TPSA) is 65.1 Å². The largest absolute Gasteiger partial charge is 0.444 e. The second-order valence-electron chi connectivity index (χ2n) is 8.27. The van der Waals surface area contributed by atoms with E-state index in [4.69, 9.17) is 6.11 Å². The molecule has 2 saturated heterocycles. The summed E-state index contributed by atoms with van der Waals surface area (Å²) in [5.41, 5.74) is -0.883. The summed E-state index contributed by atoms with van der Waals surface area (Å²) in [5, 5.41) is 2.66. The van der Waals surface area contributed by atoms with Crippen molar-refractivity contribution >= 4 is 12.0 Å². The number of alkyl carbamates (subject to hydrolysis) is 1. The van der Waals surface area contributed by atoms with E-state index in [0.29, 0.717) is 25.6 Å². The van der Waals surface area contributed by atoms with Crippen LogP contribution in [-0.2, 0) is 9.53 Å². The van der Waals surface area contributed by atoms with Gasteiger partial charge in [0, 0.05) is 33.6 Å². The molecule has 2 aliphatic rings. The number of piperidine rings is 1. The second-order valence-corrected chi connectivity index (χ2v) is 8.27. The number of hydrogen-bond acceptors (Lipinski definition) is 5. The molecule has 2 heterocycles. The van der Waals surface area contributed by atoms with Crippen LogP contribution in [0.4, 0.5) is 4.79 Å². The van der Waals surface area contributed by atoms with Crippen molar-refractivity contribution in [3.05, 3.63) is 12.7 Å². The quantitative estimate of drug-likeness (QED) is 0.734. The van der Waals surface area contributed by atoms with Crippen LogP contribution in [0.3, 0.4) is 0 Å². The first-order valence-corrected chi connectivity index (χ1v) is 9.87. The molecule has 0 aromatic heterocycles. The zero-order valence-electron chi connectivity index (χ0n) is 18.1. The highest BCUT2D eigenvalue weighted by Gasteiger charge is 2.31. The fourth-order valence-electron chi connectivity index (χ4n) is 3.70. The monoisotopic (exact) mass is 381 g/mol. The zero-order valence-corrected chi connectivity index (χ0v) is 17.1. The summed E-state index contributed by atoms with van der Waals surface area (Å²) in [6.07, 6.45) is 3.69. The number of hydrogen-bond donors (Lipinski definition) is 1. The molecule has 0 radical (unpaired) electrons. The summed E-state index contributed by atoms with van der Waals surface area (Å²) in [6.45, 7) is 12.4. The van der Waals surface area contributed by atoms with Gasteiger partial charge in [-0.15, -0.1) is 6.58 Å². The van der Waals surface area contributed by atoms with E-state index in [1.807, 2.05) is 4.90 Å². The number of nitrogens with zero attached hydrogens (tertiary/aromatic N) is 3. The van der Waals surface area contributed by atoms with E-state index in [2.05, 4.69) is 28.7 Å². The Morgan fingerprint density at radius 1 is 1.26 bits per heavy atom. The molecule has 27 heavy (non-hydrogen) atoms. The Bertz CT molecular complexity index is 542. The Kier molecular flexibility index (Phi) is 7.13. The smallest absolute Gasteiger partial charge is 0.408 e. The van der Waals surface area contributed by atoms with Crippen LogP contribution in [0.2, 0.25) is 0 Å². The second kappa shape index (κ2) is 9.55. The minimum absolute atomic E-state index is 0.0423. The maximum absolute atomic E-state index is 12.9. The van der Waals surface area contributed by atoms with Crippen LogP contribution < -0.4 is 5.32 Å². The van der Waals surface area contributed by atoms with E-state index >= 15 is 0 Å². The number of likely N-dealkylation sites (tertiary alicyclic amines) is 1. The highest BCUT2D eigenvalue weighted by Crippen LogP contribution is 2.18. The molecule has 0 aromatic carbocycles. The molecule has 1 N–H and O–H groups in total. The Morgan fingerprint density at radius 2 is 1.89 bits per heavy atom. The molecule has 0 bridgehead atoms. The van der Waals surface area contributed by atoms with Crippen LogP contribution in [0, 0.1) is 0 Å². The average Bonchev–Trinajstić information content (AvgIpc) is 2.67. The number of nitrogens with one attached hydrogen (secondary N) is 1. The molecule has 0 aromatic rings. The Morgan fingerprint density at radius 3 is 2.44 bits per heavy atom. The standard InChI is InChI=1S/C20H36N4O3/c1-6-7-17(21-19(26)27-20(2,3)4)18(25)24-14-12-23(13-15-24)16-8-10-22(5)11-9-16/h6,16-17H,1,7-15H2,2-5H3,(H,21,26)/i2D. The number of ether oxygens (including phenoxy) is 1. The van der Waals surface area contributed by atoms with E-state index in [9.17, 15) is 9.59 Å². The Hall–Kier alpha value is -1.60. The van der Waals surface area contributed by atoms with Crippen LogP contribution >= 0.6 is 0 Å². The van der Waals surface area contributed by atoms with E-state index in [1.165, 1.54) is 12.8 Å². The first-order valence-electron chi connectivity index (χ1n) is 10.6. The van der Waals surface area contributed by atoms with Gasteiger partial charge in [0.1, 0.15) is 11.6 Å². The summed E-state index contributed by atoms with van der Waals surface area (Å²) in [7, 11) is 2.16. The van der Waals surface area contributed by atoms with Gasteiger partial charge in [0.2, 0.25) is 5.91 Å². The van der Waals surface area contributed by atoms with Crippen molar-refractivity contribution in [2.24, 2.45) is 0 Å². The van der Waals surface area contributed by atoms with Crippen LogP contribution in [0.5, 0.6) is 0 Å². The average molecular weight is 382 g/mol. The first-order chi connectivity index (χ1) is 13.3. The van der Waals surface area contributed by atoms with Crippen molar-refractivity contribution in [2.45, 2.75) is 57.7 Å². The van der Waals surface area contributed by atoms with Gasteiger partial charge in [-0.1, -0.05) is 6.08 Å². The van der Waals surface area contributed by atoms with Crippen molar-refractivity contribution < 1.29 is 15.7 Å². The normalized spacial score (nSPS) is 22.0. The molecule has 2 fully saturated rings. The van der Waals surface area contributed by atoms with Crippen LogP contribution in [0.15, 0.2) is 12.7 Å². The molecular weight excluding hydrogens is 344 g/mol. The minimum Gasteiger partial charge on any atom is -0.444 e. The van der Waals surface area contributed by atoms with Gasteiger partial charge in [0.15, 0.2) is 0 Å². The minimum atomic E-state index is -0.883. The lowest BCUT2D eigenvalue weighted by Gasteiger charge is -2.42. The number of carbonyl (C=O) groups is 2. The van der Waals surface area contributed by atoms with Gasteiger partial charge in [0.25, 0.3) is 0 Å². The van der Waals surface area contributed by atoms with Gasteiger partial charge in [-0.2, -0.15) is 0 Å². The van der Waals surface area contributed by atoms with Crippen LogP contribution in [0.1, 0.15) is 41.4 Å². The lowest BCUT2D eigenvalue weighted by Crippen LogP contribution is -2.57. The van der Waals surface area contributed by atoms with Gasteiger partial charge in [-0.3, -0.25) is 9.69 Å². The zero-order chi connectivity index (χ0) is 20.7. The molecular formula is C20H36N4O3. The number of amides is 2. The lowest BCUT2D eigenvalue weighted by atomic mass is 10.0. The lowest BCUT2D eigenvalue weighted by molar-refractivity contribution is -0.135. The Labute approximate surface area is 165 Å². The highest BCUT2D eigenvalue weighted by atomic mass is 16.6. The van der Waals surface area contributed by atoms with Gasteiger partial charge < -0.3 is 19.9 Å². The Balaban J connectivity index is 1.86. The molecule has 0 aliphatic carbocycles. The van der Waals surface area contributed by atoms with E-state index in [-0.39, 0.29) is 12.8 Å². The van der Waals surface area contributed by atoms with E-state index < -0.39 is 17.7 Å². The van der Waals surface area contributed by atoms with Crippen LogP contribution in [-0.4, -0.2) is 90.7 Å². The SMILES string of the molecule is [2H]CC(C)(C)OC(=O)NC(CC=C)C(=O)N1CCN(C2CCN(C)CC2)CC1. The summed E-state index contributed by atoms with van der Waals surface area (Å²) < 4.78 is 12.7. The number of carbonyl (C=O) groups excluding carboxylic acids is 2. The molecule has 2 rings (SSSR count). The fourth-order valence-corrected chi connectivity index (χ4v) is 3.70. The van der Waals surface area contributed by atoms with Gasteiger partial charge in [-0.25, -0.2) is 4.79 Å². The van der Waals surface area contributed by atoms with Gasteiger partial charge in [-0.05, 0) is 60.1 Å². The van der Waals surface area contributed by atoms with Gasteiger partial charge >= 0.3 is 6.09 Å². The third kappa shape index (κ3) is 6.81. The summed E-state index contributed by atoms with van der Waals surface area (Å²) in [5.74, 6) is -0.0939. The molecule has 2 aliphatic heterocycles. The predicted molar refractivity (Wildman–Crippen MR) is 107 cm³/mol. The maximum atomic E-state index is 12.9. The third-order valence-electron chi connectivity index (χ3n) is 5.19. The molecule has 7 nitrogen and oxygen atoms in total. The van der Waals surface area contributed by atoms with Gasteiger partial charge in [0.05, 0.1) is 0 Å². The summed E-state index contributed by atoms with van der Waals surface area (Å²) in [4.78, 5) is 31.8. The fraction of sp³-hybridized carbons (Fsp3) is 0.800. The van der Waals surface area contributed by atoms with Crippen molar-refractivity contribution in [1.29, 1.82) is 0 Å². The van der Waals surface area contributed by atoms with Crippen LogP contribution in [0.25, 0.3) is 0 Å². The van der Waals surface area contributed by atoms with E-state index in [0.717, 1.165) is 26.2 Å². The van der Waals surface area contributed by atoms with Crippen molar-refractivity contribution in [1.82, 2.24) is 20.0 Å². The maximum Gasteiger partial charge on any atom is 0.408 e. The molecule has 0 saturated carbocycles. The van der Waals surface area contributed by atoms with Crippen molar-refractivity contribution in [3.63, 3.8) is 0 Å². The van der Waals surface area contributed by atoms with E-state index in [1.54, 1.807) is 19.9 Å². The van der Waals surface area contributed by atoms with Crippen molar-refractivity contribution in [2.75, 3.05) is 46.3 Å². The molecule has 0 spiro atoms. The number of rotatable bonds is 5. The predicted octanol–water partition coefficient (Wildman–Crippen LogP) is 1.69. The summed E-state index contributed by atoms with van der Waals surface area (Å²) in [6, 6.07) is -0.0703.